The number of hydrogen-bond donors (Lipinski definition) is 0. The third-order valence-electron chi connectivity index (χ3n) is 5.76. The van der Waals surface area contributed by atoms with E-state index in [1.807, 2.05) is 6.07 Å². The average Bonchev–Trinajstić information content (AvgIpc) is 3.36. The highest BCUT2D eigenvalue weighted by atomic mass is 16.6. The number of amides is 2. The fraction of sp³-hybridized carbons (Fsp3) is 0.0870. The lowest BCUT2D eigenvalue weighted by Gasteiger charge is -2.22. The molecule has 2 aliphatic rings. The summed E-state index contributed by atoms with van der Waals surface area (Å²) in [6.07, 6.45) is 0. The van der Waals surface area contributed by atoms with E-state index in [-0.39, 0.29) is 17.1 Å². The van der Waals surface area contributed by atoms with E-state index in [9.17, 15) is 29.8 Å². The zero-order valence-electron chi connectivity index (χ0n) is 17.3. The van der Waals surface area contributed by atoms with Crippen molar-refractivity contribution >= 4 is 40.3 Å². The van der Waals surface area contributed by atoms with Gasteiger partial charge >= 0.3 is 0 Å². The number of hydrogen-bond acceptors (Lipinski definition) is 8. The lowest BCUT2D eigenvalue weighted by molar-refractivity contribution is -0.385. The maximum absolute atomic E-state index is 13.5. The van der Waals surface area contributed by atoms with E-state index >= 15 is 0 Å². The van der Waals surface area contributed by atoms with Crippen LogP contribution in [0.5, 0.6) is 0 Å². The lowest BCUT2D eigenvalue weighted by Crippen LogP contribution is -2.39. The molecule has 2 atom stereocenters. The van der Waals surface area contributed by atoms with Crippen molar-refractivity contribution in [1.82, 2.24) is 0 Å². The molecule has 1 fully saturated rings. The average molecular weight is 457 g/mol. The van der Waals surface area contributed by atoms with Gasteiger partial charge in [-0.1, -0.05) is 18.2 Å². The van der Waals surface area contributed by atoms with Crippen LogP contribution in [-0.4, -0.2) is 33.4 Å². The van der Waals surface area contributed by atoms with Gasteiger partial charge in [0, 0.05) is 24.3 Å². The van der Waals surface area contributed by atoms with Crippen molar-refractivity contribution in [2.24, 2.45) is 11.0 Å². The predicted molar refractivity (Wildman–Crippen MR) is 121 cm³/mol. The number of benzene rings is 3. The summed E-state index contributed by atoms with van der Waals surface area (Å²) in [5.74, 6) is -2.00. The van der Waals surface area contributed by atoms with Crippen LogP contribution in [0.3, 0.4) is 0 Å². The summed E-state index contributed by atoms with van der Waals surface area (Å²) in [6, 6.07) is 18.7. The molecule has 2 aliphatic heterocycles. The summed E-state index contributed by atoms with van der Waals surface area (Å²) in [5, 5.41) is 28.1. The summed E-state index contributed by atoms with van der Waals surface area (Å²) in [5.41, 5.74) is 1.33. The minimum atomic E-state index is -0.963. The van der Waals surface area contributed by atoms with E-state index in [2.05, 4.69) is 5.10 Å². The van der Waals surface area contributed by atoms with Gasteiger partial charge in [-0.15, -0.1) is 0 Å². The number of non-ortho nitro benzene ring substituents is 2. The van der Waals surface area contributed by atoms with Gasteiger partial charge in [0.15, 0.2) is 0 Å². The quantitative estimate of drug-likeness (QED) is 0.325. The molecule has 34 heavy (non-hydrogen) atoms. The Kier molecular flexibility index (Phi) is 4.86. The first-order valence-electron chi connectivity index (χ1n) is 10.2. The highest BCUT2D eigenvalue weighted by Crippen LogP contribution is 2.39. The number of anilines is 2. The second kappa shape index (κ2) is 7.89. The maximum atomic E-state index is 13.5. The number of nitrogens with zero attached hydrogens (tertiary/aromatic N) is 5. The van der Waals surface area contributed by atoms with Crippen molar-refractivity contribution in [3.8, 4) is 0 Å². The lowest BCUT2D eigenvalue weighted by atomic mass is 9.92. The zero-order chi connectivity index (χ0) is 24.0. The summed E-state index contributed by atoms with van der Waals surface area (Å²) in [4.78, 5) is 48.9. The van der Waals surface area contributed by atoms with Crippen molar-refractivity contribution < 1.29 is 19.4 Å². The molecule has 0 aliphatic carbocycles. The fourth-order valence-electron chi connectivity index (χ4n) is 4.18. The summed E-state index contributed by atoms with van der Waals surface area (Å²) in [6.45, 7) is 0. The van der Waals surface area contributed by atoms with E-state index in [4.69, 9.17) is 0 Å². The monoisotopic (exact) mass is 457 g/mol. The molecular weight excluding hydrogens is 442 g/mol. The first-order valence-corrected chi connectivity index (χ1v) is 10.2. The summed E-state index contributed by atoms with van der Waals surface area (Å²) >= 11 is 0. The number of hydrazone groups is 1. The van der Waals surface area contributed by atoms with Crippen molar-refractivity contribution in [3.05, 3.63) is 105 Å². The Morgan fingerprint density at radius 1 is 0.706 bits per heavy atom. The van der Waals surface area contributed by atoms with Crippen LogP contribution in [-0.2, 0) is 9.59 Å². The fourth-order valence-corrected chi connectivity index (χ4v) is 4.18. The van der Waals surface area contributed by atoms with Crippen LogP contribution < -0.4 is 9.91 Å². The second-order valence-electron chi connectivity index (χ2n) is 7.68. The minimum Gasteiger partial charge on any atom is -0.273 e. The number of carbonyl (C=O) groups is 2. The Bertz CT molecular complexity index is 1350. The van der Waals surface area contributed by atoms with Gasteiger partial charge in [0.2, 0.25) is 5.91 Å². The van der Waals surface area contributed by atoms with E-state index in [0.717, 1.165) is 4.90 Å². The maximum Gasteiger partial charge on any atom is 0.269 e. The van der Waals surface area contributed by atoms with E-state index in [0.29, 0.717) is 17.0 Å². The molecule has 3 aromatic rings. The van der Waals surface area contributed by atoms with Gasteiger partial charge in [0.1, 0.15) is 12.0 Å². The molecule has 1 saturated heterocycles. The van der Waals surface area contributed by atoms with Gasteiger partial charge in [-0.2, -0.15) is 5.10 Å². The van der Waals surface area contributed by atoms with E-state index in [1.165, 1.54) is 53.5 Å². The van der Waals surface area contributed by atoms with Gasteiger partial charge in [0.05, 0.1) is 26.9 Å². The van der Waals surface area contributed by atoms with E-state index in [1.54, 1.807) is 24.3 Å². The Labute approximate surface area is 191 Å². The Hall–Kier alpha value is -4.93. The van der Waals surface area contributed by atoms with Crippen LogP contribution in [0.15, 0.2) is 84.0 Å². The molecule has 11 nitrogen and oxygen atoms in total. The number of fused-ring (bicyclic) bond motifs is 1. The van der Waals surface area contributed by atoms with Crippen LogP contribution in [0.1, 0.15) is 5.56 Å². The molecule has 11 heteroatoms. The van der Waals surface area contributed by atoms with Gasteiger partial charge in [-0.3, -0.25) is 34.8 Å². The smallest absolute Gasteiger partial charge is 0.269 e. The van der Waals surface area contributed by atoms with Crippen molar-refractivity contribution in [1.29, 1.82) is 0 Å². The minimum absolute atomic E-state index is 0.111. The first kappa shape index (κ1) is 20.9. The Balaban J connectivity index is 1.58. The highest BCUT2D eigenvalue weighted by Gasteiger charge is 2.57. The van der Waals surface area contributed by atoms with Crippen molar-refractivity contribution in [2.75, 3.05) is 9.91 Å². The normalized spacial score (nSPS) is 19.2. The van der Waals surface area contributed by atoms with Gasteiger partial charge in [0.25, 0.3) is 17.3 Å². The number of imide groups is 1. The SMILES string of the molecule is O=C1[C@@H]2C(c3ccc([N+](=O)[O-])cc3)=NN(c3ccccc3)[C@H]2C(=O)N1c1ccc([N+](=O)[O-])cc1. The number of carbonyl (C=O) groups excluding carboxylic acids is 2. The number of rotatable bonds is 5. The molecule has 0 N–H and O–H groups in total. The largest absolute Gasteiger partial charge is 0.273 e. The second-order valence-corrected chi connectivity index (χ2v) is 7.68. The van der Waals surface area contributed by atoms with Crippen LogP contribution in [0.25, 0.3) is 0 Å². The molecule has 3 aromatic carbocycles. The van der Waals surface area contributed by atoms with Crippen molar-refractivity contribution in [3.63, 3.8) is 0 Å². The van der Waals surface area contributed by atoms with Crippen LogP contribution in [0.4, 0.5) is 22.7 Å². The topological polar surface area (TPSA) is 139 Å². The number of para-hydroxylation sites is 1. The van der Waals surface area contributed by atoms with Gasteiger partial charge in [-0.25, -0.2) is 4.90 Å². The molecule has 2 heterocycles. The molecule has 0 unspecified atom stereocenters. The molecular formula is C23H15N5O6. The molecule has 5 rings (SSSR count). The third-order valence-corrected chi connectivity index (χ3v) is 5.76. The molecule has 0 saturated carbocycles. The van der Waals surface area contributed by atoms with Gasteiger partial charge < -0.3 is 0 Å². The standard InChI is InChI=1S/C23H15N5O6/c29-22-19-20(14-6-8-17(9-7-14)27(31)32)24-26(16-4-2-1-3-5-16)21(19)23(30)25(22)15-10-12-18(13-11-15)28(33)34/h1-13,19,21H/t19-,21-/m1/s1. The van der Waals surface area contributed by atoms with Crippen LogP contribution in [0, 0.1) is 26.1 Å². The first-order chi connectivity index (χ1) is 16.4. The molecule has 0 aromatic heterocycles. The molecule has 0 spiro atoms. The Morgan fingerprint density at radius 2 is 1.26 bits per heavy atom. The predicted octanol–water partition coefficient (Wildman–Crippen LogP) is 3.29. The highest BCUT2D eigenvalue weighted by molar-refractivity contribution is 6.34. The van der Waals surface area contributed by atoms with E-state index < -0.39 is 33.6 Å². The molecule has 0 bridgehead atoms. The van der Waals surface area contributed by atoms with Gasteiger partial charge in [-0.05, 0) is 42.0 Å². The Morgan fingerprint density at radius 3 is 1.82 bits per heavy atom. The number of nitro groups is 2. The summed E-state index contributed by atoms with van der Waals surface area (Å²) < 4.78 is 0. The van der Waals surface area contributed by atoms with Crippen LogP contribution in [0.2, 0.25) is 0 Å². The van der Waals surface area contributed by atoms with Crippen molar-refractivity contribution in [2.45, 2.75) is 6.04 Å². The number of nitro benzene ring substituents is 2. The summed E-state index contributed by atoms with van der Waals surface area (Å²) in [7, 11) is 0. The molecule has 0 radical (unpaired) electrons. The zero-order valence-corrected chi connectivity index (χ0v) is 17.3. The molecule has 168 valence electrons. The van der Waals surface area contributed by atoms with Crippen LogP contribution >= 0.6 is 0 Å². The third kappa shape index (κ3) is 3.26. The molecule has 2 amide bonds.